The minimum atomic E-state index is -0.668. The van der Waals surface area contributed by atoms with Crippen LogP contribution in [0, 0.1) is 23.2 Å². The molecule has 1 N–H and O–H groups in total. The smallest absolute Gasteiger partial charge is 0.306 e. The van der Waals surface area contributed by atoms with Crippen LogP contribution in [0.1, 0.15) is 72.4 Å². The molecule has 0 radical (unpaired) electrons. The lowest BCUT2D eigenvalue weighted by Gasteiger charge is -2.34. The molecule has 41 heavy (non-hydrogen) atoms. The molecule has 3 aromatic rings. The first-order valence-electron chi connectivity index (χ1n) is 14.7. The van der Waals surface area contributed by atoms with Crippen LogP contribution in [0.25, 0.3) is 0 Å². The van der Waals surface area contributed by atoms with Crippen molar-refractivity contribution < 1.29 is 14.3 Å². The number of rotatable bonds is 11. The van der Waals surface area contributed by atoms with Gasteiger partial charge in [0.25, 0.3) is 0 Å². The summed E-state index contributed by atoms with van der Waals surface area (Å²) < 4.78 is 15.3. The number of carbonyl (C=O) groups is 1. The molecular weight excluding hydrogens is 519 g/mol. The first-order valence-corrected chi connectivity index (χ1v) is 14.7. The fraction of sp³-hybridized carbons (Fsp3) is 0.500. The second kappa shape index (κ2) is 12.7. The molecule has 1 saturated carbocycles. The molecule has 1 aromatic heterocycles. The van der Waals surface area contributed by atoms with Crippen molar-refractivity contribution in [3.05, 3.63) is 70.0 Å². The van der Waals surface area contributed by atoms with E-state index in [1.165, 1.54) is 22.4 Å². The van der Waals surface area contributed by atoms with Gasteiger partial charge in [0.1, 0.15) is 13.0 Å². The van der Waals surface area contributed by atoms with Gasteiger partial charge in [0.05, 0.1) is 17.6 Å². The Kier molecular flexibility index (Phi) is 8.87. The number of nitrogens with zero attached hydrogens (tertiary/aromatic N) is 6. The quantitative estimate of drug-likeness (QED) is 0.329. The van der Waals surface area contributed by atoms with Crippen LogP contribution in [0.15, 0.2) is 36.7 Å². The largest absolute Gasteiger partial charge is 0.481 e. The van der Waals surface area contributed by atoms with Gasteiger partial charge in [0, 0.05) is 38.9 Å². The average Bonchev–Trinajstić information content (AvgIpc) is 3.63. The van der Waals surface area contributed by atoms with E-state index in [1.54, 1.807) is 17.1 Å². The first kappa shape index (κ1) is 28.6. The van der Waals surface area contributed by atoms with Crippen molar-refractivity contribution in [3.63, 3.8) is 0 Å². The van der Waals surface area contributed by atoms with Gasteiger partial charge in [-0.2, -0.15) is 5.26 Å². The molecule has 9 heteroatoms. The van der Waals surface area contributed by atoms with Crippen molar-refractivity contribution in [2.75, 3.05) is 22.9 Å². The maximum absolute atomic E-state index is 13.6. The van der Waals surface area contributed by atoms with E-state index >= 15 is 0 Å². The average molecular weight is 559 g/mol. The van der Waals surface area contributed by atoms with Crippen LogP contribution in [0.5, 0.6) is 0 Å². The molecule has 2 aliphatic rings. The summed E-state index contributed by atoms with van der Waals surface area (Å²) in [5.74, 6) is 0.166. The van der Waals surface area contributed by atoms with Gasteiger partial charge in [-0.3, -0.25) is 9.48 Å². The number of carboxylic acids is 1. The van der Waals surface area contributed by atoms with E-state index < -0.39 is 12.6 Å². The summed E-state index contributed by atoms with van der Waals surface area (Å²) in [6.07, 6.45) is 8.35. The lowest BCUT2D eigenvalue weighted by Crippen LogP contribution is -2.34. The van der Waals surface area contributed by atoms with Crippen molar-refractivity contribution in [1.29, 1.82) is 5.26 Å². The summed E-state index contributed by atoms with van der Waals surface area (Å²) >= 11 is 0. The van der Waals surface area contributed by atoms with Crippen LogP contribution >= 0.6 is 0 Å². The number of aromatic nitrogens is 3. The zero-order valence-electron chi connectivity index (χ0n) is 24.0. The van der Waals surface area contributed by atoms with Crippen LogP contribution in [-0.2, 0) is 44.4 Å². The Morgan fingerprint density at radius 1 is 1.07 bits per heavy atom. The molecule has 2 aromatic carbocycles. The van der Waals surface area contributed by atoms with Gasteiger partial charge < -0.3 is 14.9 Å². The number of carboxylic acid groups (broad SMARTS) is 1. The predicted octanol–water partition coefficient (Wildman–Crippen LogP) is 5.57. The molecule has 216 valence electrons. The summed E-state index contributed by atoms with van der Waals surface area (Å²) in [5, 5.41) is 23.6. The second-order valence-electron chi connectivity index (χ2n) is 11.6. The van der Waals surface area contributed by atoms with Crippen LogP contribution in [-0.4, -0.2) is 38.9 Å². The number of benzene rings is 2. The van der Waals surface area contributed by atoms with Gasteiger partial charge >= 0.3 is 5.97 Å². The fourth-order valence-corrected chi connectivity index (χ4v) is 6.48. The Balaban J connectivity index is 1.46. The molecule has 2 aliphatic carbocycles. The maximum Gasteiger partial charge on any atom is 0.306 e. The number of alkyl halides is 1. The minimum absolute atomic E-state index is 0.214. The van der Waals surface area contributed by atoms with Gasteiger partial charge in [-0.1, -0.05) is 12.1 Å². The minimum Gasteiger partial charge on any atom is -0.481 e. The lowest BCUT2D eigenvalue weighted by molar-refractivity contribution is -0.143. The van der Waals surface area contributed by atoms with Gasteiger partial charge in [-0.05, 0) is 104 Å². The van der Waals surface area contributed by atoms with E-state index in [0.29, 0.717) is 36.1 Å². The third kappa shape index (κ3) is 6.70. The molecule has 0 spiro atoms. The third-order valence-corrected chi connectivity index (χ3v) is 8.63. The van der Waals surface area contributed by atoms with E-state index in [0.717, 1.165) is 63.6 Å². The fourth-order valence-electron chi connectivity index (χ4n) is 6.48. The monoisotopic (exact) mass is 558 g/mol. The Bertz CT molecular complexity index is 1420. The van der Waals surface area contributed by atoms with E-state index in [1.807, 2.05) is 19.2 Å². The van der Waals surface area contributed by atoms with Crippen LogP contribution in [0.4, 0.5) is 16.0 Å². The molecule has 0 amide bonds. The molecule has 0 unspecified atom stereocenters. The summed E-state index contributed by atoms with van der Waals surface area (Å²) in [6.45, 7) is 4.32. The molecule has 0 bridgehead atoms. The van der Waals surface area contributed by atoms with Crippen molar-refractivity contribution in [1.82, 2.24) is 14.8 Å². The summed E-state index contributed by atoms with van der Waals surface area (Å²) in [4.78, 5) is 20.6. The molecule has 0 atom stereocenters. The molecule has 0 saturated heterocycles. The highest BCUT2D eigenvalue weighted by Gasteiger charge is 2.28. The van der Waals surface area contributed by atoms with Crippen molar-refractivity contribution in [2.24, 2.45) is 18.9 Å². The Labute approximate surface area is 241 Å². The number of fused-ring (bicyclic) bond motifs is 1. The van der Waals surface area contributed by atoms with Gasteiger partial charge in [0.2, 0.25) is 5.95 Å². The number of hydrogen-bond acceptors (Lipinski definition) is 6. The number of aliphatic carboxylic acids is 1. The second-order valence-corrected chi connectivity index (χ2v) is 11.6. The van der Waals surface area contributed by atoms with E-state index in [-0.39, 0.29) is 5.92 Å². The van der Waals surface area contributed by atoms with Crippen LogP contribution in [0.3, 0.4) is 0 Å². The standard InChI is InChI=1S/C32H39FN6O2/c1-3-38(18-22-7-9-26(10-8-22)31(40)41)30-15-28-6-4-5-27(28)14-29(30)20-39(32-35-21-37(2)36-32)19-25-12-23(16-33)11-24(13-25)17-34/h11-15,21-22,26H,3-10,16,18-20H2,1-2H3,(H,40,41)/t22-,26-. The zero-order valence-corrected chi connectivity index (χ0v) is 24.0. The lowest BCUT2D eigenvalue weighted by atomic mass is 9.81. The summed E-state index contributed by atoms with van der Waals surface area (Å²) in [5.41, 5.74) is 6.98. The topological polar surface area (TPSA) is 98.3 Å². The highest BCUT2D eigenvalue weighted by atomic mass is 19.1. The Morgan fingerprint density at radius 2 is 1.80 bits per heavy atom. The van der Waals surface area contributed by atoms with Gasteiger partial charge in [0.15, 0.2) is 0 Å². The molecule has 1 fully saturated rings. The van der Waals surface area contributed by atoms with Crippen LogP contribution < -0.4 is 9.80 Å². The number of anilines is 2. The van der Waals surface area contributed by atoms with Crippen molar-refractivity contribution in [3.8, 4) is 6.07 Å². The Hall–Kier alpha value is -3.93. The number of hydrogen-bond donors (Lipinski definition) is 1. The molecule has 0 aliphatic heterocycles. The highest BCUT2D eigenvalue weighted by molar-refractivity contribution is 5.70. The summed E-state index contributed by atoms with van der Waals surface area (Å²) in [7, 11) is 1.84. The van der Waals surface area contributed by atoms with E-state index in [2.05, 4.69) is 45.0 Å². The van der Waals surface area contributed by atoms with Crippen LogP contribution in [0.2, 0.25) is 0 Å². The molecule has 1 heterocycles. The van der Waals surface area contributed by atoms with Crippen molar-refractivity contribution in [2.45, 2.75) is 71.6 Å². The number of nitriles is 1. The normalized spacial score (nSPS) is 18.1. The maximum atomic E-state index is 13.6. The molecular formula is C32H39FN6O2. The SMILES string of the molecule is CCN(C[C@H]1CC[C@H](C(=O)O)CC1)c1cc2c(cc1CN(Cc1cc(C#N)cc(CF)c1)c1ncn(C)n1)CCC2. The summed E-state index contributed by atoms with van der Waals surface area (Å²) in [6, 6.07) is 12.1. The van der Waals surface area contributed by atoms with Gasteiger partial charge in [-0.25, -0.2) is 9.37 Å². The third-order valence-electron chi connectivity index (χ3n) is 8.63. The number of halogens is 1. The van der Waals surface area contributed by atoms with E-state index in [9.17, 15) is 19.6 Å². The number of aryl methyl sites for hydroxylation is 3. The van der Waals surface area contributed by atoms with Gasteiger partial charge in [-0.15, -0.1) is 5.10 Å². The van der Waals surface area contributed by atoms with Crippen molar-refractivity contribution >= 4 is 17.6 Å². The predicted molar refractivity (Wildman–Crippen MR) is 156 cm³/mol. The molecule has 8 nitrogen and oxygen atoms in total. The first-order chi connectivity index (χ1) is 19.9. The Morgan fingerprint density at radius 3 is 2.44 bits per heavy atom. The zero-order chi connectivity index (χ0) is 28.9. The molecule has 5 rings (SSSR count). The highest BCUT2D eigenvalue weighted by Crippen LogP contribution is 2.35. The van der Waals surface area contributed by atoms with E-state index in [4.69, 9.17) is 0 Å².